The highest BCUT2D eigenvalue weighted by atomic mass is 19.1. The highest BCUT2D eigenvalue weighted by molar-refractivity contribution is 5.18. The third-order valence-corrected chi connectivity index (χ3v) is 3.00. The summed E-state index contributed by atoms with van der Waals surface area (Å²) in [6.45, 7) is 2.10. The van der Waals surface area contributed by atoms with Crippen LogP contribution in [0.25, 0.3) is 0 Å². The van der Waals surface area contributed by atoms with Gasteiger partial charge in [0, 0.05) is 6.07 Å². The zero-order valence-electron chi connectivity index (χ0n) is 8.60. The number of hydrogen-bond donors (Lipinski definition) is 1. The Morgan fingerprint density at radius 1 is 1.33 bits per heavy atom. The van der Waals surface area contributed by atoms with E-state index in [1.807, 2.05) is 0 Å². The molecular weight excluding hydrogens is 196 g/mol. The van der Waals surface area contributed by atoms with Crippen molar-refractivity contribution in [3.63, 3.8) is 0 Å². The molecule has 1 saturated heterocycles. The molecule has 1 heterocycles. The summed E-state index contributed by atoms with van der Waals surface area (Å²) in [5, 5.41) is 3.28. The molecule has 0 spiro atoms. The Hall–Kier alpha value is -0.960. The minimum absolute atomic E-state index is 0.416. The van der Waals surface area contributed by atoms with Gasteiger partial charge in [-0.3, -0.25) is 0 Å². The first-order valence-corrected chi connectivity index (χ1v) is 5.40. The molecule has 1 aromatic rings. The first kappa shape index (κ1) is 10.6. The lowest BCUT2D eigenvalue weighted by Crippen LogP contribution is -2.09. The molecule has 0 bridgehead atoms. The van der Waals surface area contributed by atoms with Gasteiger partial charge in [-0.25, -0.2) is 8.78 Å². The molecule has 1 nitrogen and oxygen atoms in total. The standard InChI is InChI=1S/C12H15F2N/c13-11-4-3-10(12(14)7-11)2-1-9-5-6-15-8-9/h3-4,7,9,15H,1-2,5-6,8H2. The highest BCUT2D eigenvalue weighted by Gasteiger charge is 2.14. The van der Waals surface area contributed by atoms with E-state index in [-0.39, 0.29) is 0 Å². The Morgan fingerprint density at radius 3 is 2.87 bits per heavy atom. The average Bonchev–Trinajstić information content (AvgIpc) is 2.69. The van der Waals surface area contributed by atoms with Crippen molar-refractivity contribution in [1.29, 1.82) is 0 Å². The Labute approximate surface area is 88.5 Å². The molecule has 2 rings (SSSR count). The third kappa shape index (κ3) is 2.75. The molecule has 0 radical (unpaired) electrons. The summed E-state index contributed by atoms with van der Waals surface area (Å²) in [5.41, 5.74) is 0.628. The Bertz CT molecular complexity index is 332. The molecule has 1 atom stereocenters. The van der Waals surface area contributed by atoms with Crippen LogP contribution in [0.1, 0.15) is 18.4 Å². The highest BCUT2D eigenvalue weighted by Crippen LogP contribution is 2.18. The molecule has 1 aliphatic rings. The molecule has 15 heavy (non-hydrogen) atoms. The minimum atomic E-state index is -0.501. The molecule has 0 aromatic heterocycles. The van der Waals surface area contributed by atoms with Crippen molar-refractivity contribution in [2.45, 2.75) is 19.3 Å². The van der Waals surface area contributed by atoms with E-state index in [1.165, 1.54) is 12.5 Å². The largest absolute Gasteiger partial charge is 0.316 e. The minimum Gasteiger partial charge on any atom is -0.316 e. The molecule has 1 aliphatic heterocycles. The summed E-state index contributed by atoms with van der Waals surface area (Å²) in [4.78, 5) is 0. The maximum Gasteiger partial charge on any atom is 0.129 e. The maximum atomic E-state index is 13.3. The zero-order chi connectivity index (χ0) is 10.7. The number of benzene rings is 1. The summed E-state index contributed by atoms with van der Waals surface area (Å²) in [6, 6.07) is 3.83. The van der Waals surface area contributed by atoms with Gasteiger partial charge in [0.25, 0.3) is 0 Å². The lowest BCUT2D eigenvalue weighted by molar-refractivity contribution is 0.515. The second-order valence-electron chi connectivity index (χ2n) is 4.13. The molecule has 1 aromatic carbocycles. The molecule has 1 N–H and O–H groups in total. The van der Waals surface area contributed by atoms with Gasteiger partial charge in [-0.15, -0.1) is 0 Å². The van der Waals surface area contributed by atoms with E-state index < -0.39 is 11.6 Å². The lowest BCUT2D eigenvalue weighted by Gasteiger charge is -2.08. The van der Waals surface area contributed by atoms with E-state index in [9.17, 15) is 8.78 Å². The van der Waals surface area contributed by atoms with Crippen LogP contribution >= 0.6 is 0 Å². The van der Waals surface area contributed by atoms with Crippen LogP contribution in [0.4, 0.5) is 8.78 Å². The van der Waals surface area contributed by atoms with E-state index in [1.54, 1.807) is 6.07 Å². The van der Waals surface area contributed by atoms with Gasteiger partial charge in [-0.2, -0.15) is 0 Å². The second-order valence-corrected chi connectivity index (χ2v) is 4.13. The molecule has 0 saturated carbocycles. The number of rotatable bonds is 3. The van der Waals surface area contributed by atoms with Crippen LogP contribution < -0.4 is 5.32 Å². The van der Waals surface area contributed by atoms with Gasteiger partial charge in [0.1, 0.15) is 11.6 Å². The number of hydrogen-bond acceptors (Lipinski definition) is 1. The van der Waals surface area contributed by atoms with Crippen LogP contribution in [-0.4, -0.2) is 13.1 Å². The number of halogens is 2. The van der Waals surface area contributed by atoms with Crippen molar-refractivity contribution >= 4 is 0 Å². The first-order valence-electron chi connectivity index (χ1n) is 5.40. The number of aryl methyl sites for hydroxylation is 1. The summed E-state index contributed by atoms with van der Waals surface area (Å²) >= 11 is 0. The SMILES string of the molecule is Fc1ccc(CCC2CCNC2)c(F)c1. The van der Waals surface area contributed by atoms with Crippen LogP contribution in [0, 0.1) is 17.6 Å². The van der Waals surface area contributed by atoms with Gasteiger partial charge >= 0.3 is 0 Å². The van der Waals surface area contributed by atoms with Gasteiger partial charge in [0.05, 0.1) is 0 Å². The molecule has 1 fully saturated rings. The third-order valence-electron chi connectivity index (χ3n) is 3.00. The summed E-state index contributed by atoms with van der Waals surface area (Å²) in [7, 11) is 0. The maximum absolute atomic E-state index is 13.3. The summed E-state index contributed by atoms with van der Waals surface area (Å²) in [5.74, 6) is -0.269. The molecular formula is C12H15F2N. The predicted molar refractivity (Wildman–Crippen MR) is 55.7 cm³/mol. The van der Waals surface area contributed by atoms with E-state index in [0.717, 1.165) is 25.6 Å². The Kier molecular flexibility index (Phi) is 3.31. The van der Waals surface area contributed by atoms with Gasteiger partial charge in [0.15, 0.2) is 0 Å². The van der Waals surface area contributed by atoms with Crippen molar-refractivity contribution < 1.29 is 8.78 Å². The average molecular weight is 211 g/mol. The quantitative estimate of drug-likeness (QED) is 0.810. The Balaban J connectivity index is 1.92. The Morgan fingerprint density at radius 2 is 2.20 bits per heavy atom. The lowest BCUT2D eigenvalue weighted by atomic mass is 9.98. The van der Waals surface area contributed by atoms with Crippen LogP contribution in [0.5, 0.6) is 0 Å². The van der Waals surface area contributed by atoms with E-state index >= 15 is 0 Å². The zero-order valence-corrected chi connectivity index (χ0v) is 8.60. The predicted octanol–water partition coefficient (Wildman–Crippen LogP) is 2.51. The monoisotopic (exact) mass is 211 g/mol. The summed E-state index contributed by atoms with van der Waals surface area (Å²) in [6.07, 6.45) is 2.86. The van der Waals surface area contributed by atoms with E-state index in [0.29, 0.717) is 17.9 Å². The van der Waals surface area contributed by atoms with Crippen molar-refractivity contribution in [2.75, 3.05) is 13.1 Å². The van der Waals surface area contributed by atoms with Crippen LogP contribution in [0.2, 0.25) is 0 Å². The van der Waals surface area contributed by atoms with Crippen LogP contribution in [-0.2, 0) is 6.42 Å². The van der Waals surface area contributed by atoms with Crippen molar-refractivity contribution in [3.05, 3.63) is 35.4 Å². The molecule has 3 heteroatoms. The van der Waals surface area contributed by atoms with Gasteiger partial charge < -0.3 is 5.32 Å². The second kappa shape index (κ2) is 4.71. The van der Waals surface area contributed by atoms with E-state index in [2.05, 4.69) is 5.32 Å². The fraction of sp³-hybridized carbons (Fsp3) is 0.500. The summed E-state index contributed by atoms with van der Waals surface area (Å²) < 4.78 is 25.9. The van der Waals surface area contributed by atoms with Gasteiger partial charge in [-0.05, 0) is 49.9 Å². The molecule has 0 amide bonds. The molecule has 0 aliphatic carbocycles. The fourth-order valence-corrected chi connectivity index (χ4v) is 2.04. The van der Waals surface area contributed by atoms with Crippen molar-refractivity contribution in [2.24, 2.45) is 5.92 Å². The van der Waals surface area contributed by atoms with Gasteiger partial charge in [-0.1, -0.05) is 6.07 Å². The first-order chi connectivity index (χ1) is 7.25. The van der Waals surface area contributed by atoms with Crippen LogP contribution in [0.3, 0.4) is 0 Å². The molecule has 1 unspecified atom stereocenters. The molecule has 82 valence electrons. The van der Waals surface area contributed by atoms with Crippen LogP contribution in [0.15, 0.2) is 18.2 Å². The normalized spacial score (nSPS) is 20.8. The van der Waals surface area contributed by atoms with Crippen molar-refractivity contribution in [1.82, 2.24) is 5.32 Å². The topological polar surface area (TPSA) is 12.0 Å². The van der Waals surface area contributed by atoms with Crippen molar-refractivity contribution in [3.8, 4) is 0 Å². The fourth-order valence-electron chi connectivity index (χ4n) is 2.04. The number of nitrogens with one attached hydrogen (secondary N) is 1. The van der Waals surface area contributed by atoms with Gasteiger partial charge in [0.2, 0.25) is 0 Å². The van der Waals surface area contributed by atoms with E-state index in [4.69, 9.17) is 0 Å². The smallest absolute Gasteiger partial charge is 0.129 e.